The minimum absolute atomic E-state index is 0.0437. The van der Waals surface area contributed by atoms with Crippen molar-refractivity contribution in [1.82, 2.24) is 20.0 Å². The Hall–Kier alpha value is -5.15. The number of aromatic hydroxyl groups is 1. The lowest BCUT2D eigenvalue weighted by molar-refractivity contribution is -0.137. The van der Waals surface area contributed by atoms with E-state index in [2.05, 4.69) is 20.0 Å². The molecule has 1 amide bonds. The van der Waals surface area contributed by atoms with E-state index >= 15 is 0 Å². The Balaban J connectivity index is 1.45. The van der Waals surface area contributed by atoms with E-state index in [1.54, 1.807) is 25.1 Å². The molecule has 0 spiro atoms. The zero-order valence-corrected chi connectivity index (χ0v) is 22.0. The van der Waals surface area contributed by atoms with Gasteiger partial charge in [-0.2, -0.15) is 0 Å². The molecule has 0 aliphatic carbocycles. The molecule has 0 aliphatic rings. The minimum atomic E-state index is -4.19. The molecule has 2 heterocycles. The summed E-state index contributed by atoms with van der Waals surface area (Å²) in [5.41, 5.74) is 1.03. The highest BCUT2D eigenvalue weighted by molar-refractivity contribution is 7.89. The molecule has 2 aromatic carbocycles. The third-order valence-electron chi connectivity index (χ3n) is 5.86. The summed E-state index contributed by atoms with van der Waals surface area (Å²) in [5.74, 6) is -5.46. The van der Waals surface area contributed by atoms with Crippen molar-refractivity contribution in [3.05, 3.63) is 83.0 Å². The number of carbonyl (C=O) groups is 4. The Labute approximate surface area is 231 Å². The summed E-state index contributed by atoms with van der Waals surface area (Å²) in [6.45, 7) is 1.42. The lowest BCUT2D eigenvalue weighted by atomic mass is 10.1. The summed E-state index contributed by atoms with van der Waals surface area (Å²) in [6.07, 6.45) is 0.365. The summed E-state index contributed by atoms with van der Waals surface area (Å²) in [5, 5.41) is 30.3. The second-order valence-electron chi connectivity index (χ2n) is 8.78. The van der Waals surface area contributed by atoms with E-state index < -0.39 is 62.3 Å². The Morgan fingerprint density at radius 1 is 1.05 bits per heavy atom. The van der Waals surface area contributed by atoms with Crippen LogP contribution in [0.4, 0.5) is 0 Å². The number of Topliss-reactive ketones (excluding diaryl/α,β-unsaturated/α-hetero) is 1. The average molecular weight is 583 g/mol. The summed E-state index contributed by atoms with van der Waals surface area (Å²) >= 11 is 0. The number of benzene rings is 2. The number of hydrogen-bond acceptors (Lipinski definition) is 10. The molecule has 14 nitrogen and oxygen atoms in total. The molecule has 0 bridgehead atoms. The van der Waals surface area contributed by atoms with E-state index in [0.717, 1.165) is 30.0 Å². The van der Waals surface area contributed by atoms with Crippen LogP contribution >= 0.6 is 0 Å². The van der Waals surface area contributed by atoms with Gasteiger partial charge >= 0.3 is 11.9 Å². The maximum Gasteiger partial charge on any atom is 0.339 e. The Kier molecular flexibility index (Phi) is 8.11. The fraction of sp³-hybridized carbons (Fsp3) is 0.154. The number of nitrogens with zero attached hydrogens (tertiary/aromatic N) is 2. The molecule has 4 rings (SSSR count). The van der Waals surface area contributed by atoms with Gasteiger partial charge in [-0.25, -0.2) is 22.9 Å². The van der Waals surface area contributed by atoms with E-state index in [1.807, 2.05) is 0 Å². The van der Waals surface area contributed by atoms with E-state index in [1.165, 1.54) is 12.1 Å². The van der Waals surface area contributed by atoms with Crippen LogP contribution in [0.25, 0.3) is 11.1 Å². The molecule has 0 saturated carbocycles. The summed E-state index contributed by atoms with van der Waals surface area (Å²) in [7, 11) is -4.19. The van der Waals surface area contributed by atoms with Crippen LogP contribution in [0.15, 0.2) is 64.0 Å². The predicted octanol–water partition coefficient (Wildman–Crippen LogP) is 1.87. The number of amides is 1. The van der Waals surface area contributed by atoms with Gasteiger partial charge in [-0.05, 0) is 48.9 Å². The van der Waals surface area contributed by atoms with Gasteiger partial charge in [-0.3, -0.25) is 19.4 Å². The largest absolute Gasteiger partial charge is 0.507 e. The first-order valence-electron chi connectivity index (χ1n) is 11.8. The number of carboxylic acid groups (broad SMARTS) is 2. The number of nitrogens with one attached hydrogen (secondary N) is 2. The first-order valence-corrected chi connectivity index (χ1v) is 13.3. The number of ketones is 1. The second kappa shape index (κ2) is 11.5. The number of aromatic carboxylic acids is 1. The number of para-hydroxylation sites is 1. The number of phenols is 1. The van der Waals surface area contributed by atoms with Gasteiger partial charge in [0, 0.05) is 6.20 Å². The smallest absolute Gasteiger partial charge is 0.339 e. The average Bonchev–Trinajstić information content (AvgIpc) is 3.37. The number of aliphatic carboxylic acids is 1. The second-order valence-corrected chi connectivity index (χ2v) is 10.5. The van der Waals surface area contributed by atoms with Crippen LogP contribution in [-0.2, 0) is 21.4 Å². The number of sulfonamides is 1. The molecule has 2 aromatic heterocycles. The predicted molar refractivity (Wildman–Crippen MR) is 140 cm³/mol. The normalized spacial score (nSPS) is 12.1. The van der Waals surface area contributed by atoms with Gasteiger partial charge in [0.1, 0.15) is 22.9 Å². The lowest BCUT2D eigenvalue weighted by Gasteiger charge is -2.14. The van der Waals surface area contributed by atoms with Crippen LogP contribution in [0.5, 0.6) is 5.75 Å². The molecule has 0 fully saturated rings. The molecule has 5 N–H and O–H groups in total. The number of aryl methyl sites for hydroxylation is 1. The minimum Gasteiger partial charge on any atom is -0.507 e. The van der Waals surface area contributed by atoms with Crippen molar-refractivity contribution >= 4 is 44.8 Å². The molecule has 212 valence electrons. The molecule has 4 aromatic rings. The van der Waals surface area contributed by atoms with Crippen molar-refractivity contribution in [3.8, 4) is 5.75 Å². The highest BCUT2D eigenvalue weighted by Gasteiger charge is 2.29. The van der Waals surface area contributed by atoms with Crippen molar-refractivity contribution in [2.45, 2.75) is 30.8 Å². The lowest BCUT2D eigenvalue weighted by Crippen LogP contribution is -2.42. The maximum absolute atomic E-state index is 13.0. The van der Waals surface area contributed by atoms with Crippen molar-refractivity contribution in [3.63, 3.8) is 0 Å². The monoisotopic (exact) mass is 582 g/mol. The standard InChI is InChI=1S/C26H22N4O10S/c1-13-3-2-4-18-23(13)40-25(30-18)22(34)19(10-21(32)33)29-24(35)14-5-6-15(27-11-14)12-28-41(38,39)16-7-8-20(31)17(9-16)26(36)37/h2-9,11,19,28,31H,10,12H2,1H3,(H,29,35)(H,32,33)(H,36,37). The molecule has 0 saturated heterocycles. The van der Waals surface area contributed by atoms with Crippen LogP contribution in [0.2, 0.25) is 0 Å². The zero-order valence-electron chi connectivity index (χ0n) is 21.2. The number of hydrogen-bond donors (Lipinski definition) is 5. The number of oxazole rings is 1. The van der Waals surface area contributed by atoms with Crippen LogP contribution in [-0.4, -0.2) is 63.4 Å². The van der Waals surface area contributed by atoms with Gasteiger partial charge in [-0.1, -0.05) is 12.1 Å². The molecular formula is C26H22N4O10S. The highest BCUT2D eigenvalue weighted by atomic mass is 32.2. The number of aromatic nitrogens is 2. The summed E-state index contributed by atoms with van der Waals surface area (Å²) < 4.78 is 32.9. The van der Waals surface area contributed by atoms with E-state index in [-0.39, 0.29) is 23.7 Å². The number of fused-ring (bicyclic) bond motifs is 1. The summed E-state index contributed by atoms with van der Waals surface area (Å²) in [6, 6.07) is 8.99. The quantitative estimate of drug-likeness (QED) is 0.160. The molecule has 41 heavy (non-hydrogen) atoms. The van der Waals surface area contributed by atoms with E-state index in [9.17, 15) is 37.8 Å². The van der Waals surface area contributed by atoms with Crippen molar-refractivity contribution in [2.75, 3.05) is 0 Å². The van der Waals surface area contributed by atoms with Crippen molar-refractivity contribution < 1.29 is 47.3 Å². The number of carbonyl (C=O) groups excluding carboxylic acids is 2. The van der Waals surface area contributed by atoms with E-state index in [4.69, 9.17) is 9.52 Å². The van der Waals surface area contributed by atoms with Crippen LogP contribution < -0.4 is 10.0 Å². The van der Waals surface area contributed by atoms with Crippen molar-refractivity contribution in [2.24, 2.45) is 0 Å². The number of pyridine rings is 1. The summed E-state index contributed by atoms with van der Waals surface area (Å²) in [4.78, 5) is 56.1. The van der Waals surface area contributed by atoms with Crippen LogP contribution in [0.1, 0.15) is 49.1 Å². The van der Waals surface area contributed by atoms with Gasteiger partial charge in [0.15, 0.2) is 5.58 Å². The Morgan fingerprint density at radius 3 is 2.44 bits per heavy atom. The highest BCUT2D eigenvalue weighted by Crippen LogP contribution is 2.22. The SMILES string of the molecule is Cc1cccc2nc(C(=O)C(CC(=O)O)NC(=O)c3ccc(CNS(=O)(=O)c4ccc(O)c(C(=O)O)c4)nc3)oc12. The third-order valence-corrected chi connectivity index (χ3v) is 7.26. The molecule has 0 radical (unpaired) electrons. The Morgan fingerprint density at radius 2 is 1.80 bits per heavy atom. The van der Waals surface area contributed by atoms with Gasteiger partial charge in [0.25, 0.3) is 11.8 Å². The first kappa shape index (κ1) is 28.8. The molecule has 15 heteroatoms. The van der Waals surface area contributed by atoms with Gasteiger partial charge in [0.05, 0.1) is 29.1 Å². The molecular weight excluding hydrogens is 560 g/mol. The fourth-order valence-electron chi connectivity index (χ4n) is 3.74. The van der Waals surface area contributed by atoms with Gasteiger partial charge in [-0.15, -0.1) is 0 Å². The third kappa shape index (κ3) is 6.54. The Bertz CT molecular complexity index is 1780. The van der Waals surface area contributed by atoms with Crippen LogP contribution in [0, 0.1) is 6.92 Å². The molecule has 1 unspecified atom stereocenters. The number of rotatable bonds is 11. The first-order chi connectivity index (χ1) is 19.4. The zero-order chi connectivity index (χ0) is 29.9. The number of carboxylic acids is 2. The fourth-order valence-corrected chi connectivity index (χ4v) is 4.76. The van der Waals surface area contributed by atoms with E-state index in [0.29, 0.717) is 11.1 Å². The maximum atomic E-state index is 13.0. The van der Waals surface area contributed by atoms with Gasteiger partial charge < -0.3 is 25.1 Å². The van der Waals surface area contributed by atoms with Crippen LogP contribution in [0.3, 0.4) is 0 Å². The van der Waals surface area contributed by atoms with Gasteiger partial charge in [0.2, 0.25) is 15.8 Å². The topological polar surface area (TPSA) is 226 Å². The molecule has 0 aliphatic heterocycles. The molecule has 1 atom stereocenters. The van der Waals surface area contributed by atoms with Crippen molar-refractivity contribution in [1.29, 1.82) is 0 Å².